The first-order valence-corrected chi connectivity index (χ1v) is 6.43. The summed E-state index contributed by atoms with van der Waals surface area (Å²) in [5.74, 6) is 0.583. The normalized spacial score (nSPS) is 10.3. The van der Waals surface area contributed by atoms with Gasteiger partial charge in [0.05, 0.1) is 0 Å². The van der Waals surface area contributed by atoms with Crippen LogP contribution in [-0.2, 0) is 0 Å². The number of aromatic amines is 1. The molecule has 21 heavy (non-hydrogen) atoms. The molecule has 1 amide bonds. The van der Waals surface area contributed by atoms with Crippen molar-refractivity contribution >= 4 is 11.9 Å². The number of aryl methyl sites for hydroxylation is 1. The van der Waals surface area contributed by atoms with Gasteiger partial charge in [0, 0.05) is 23.5 Å². The number of hydrogen-bond donors (Lipinski definition) is 2. The predicted molar refractivity (Wildman–Crippen MR) is 78.7 cm³/mol. The predicted octanol–water partition coefficient (Wildman–Crippen LogP) is 2.43. The van der Waals surface area contributed by atoms with Crippen LogP contribution < -0.4 is 5.32 Å². The summed E-state index contributed by atoms with van der Waals surface area (Å²) in [6.07, 6.45) is 3.34. The van der Waals surface area contributed by atoms with Crippen LogP contribution in [0.5, 0.6) is 0 Å². The number of carbonyl (C=O) groups is 1. The number of pyridine rings is 1. The maximum Gasteiger partial charge on any atom is 0.258 e. The van der Waals surface area contributed by atoms with Crippen LogP contribution in [0.15, 0.2) is 48.8 Å². The minimum Gasteiger partial charge on any atom is -0.289 e. The quantitative estimate of drug-likeness (QED) is 0.771. The topological polar surface area (TPSA) is 83.6 Å². The molecule has 0 atom stereocenters. The van der Waals surface area contributed by atoms with Gasteiger partial charge in [0.1, 0.15) is 0 Å². The first kappa shape index (κ1) is 13.0. The third-order valence-corrected chi connectivity index (χ3v) is 2.98. The van der Waals surface area contributed by atoms with E-state index in [2.05, 4.69) is 25.5 Å². The lowest BCUT2D eigenvalue weighted by atomic mass is 10.1. The molecule has 2 aromatic heterocycles. The van der Waals surface area contributed by atoms with E-state index >= 15 is 0 Å². The minimum atomic E-state index is -0.240. The Hall–Kier alpha value is -3.02. The number of carbonyl (C=O) groups excluding carboxylic acids is 1. The zero-order valence-electron chi connectivity index (χ0n) is 11.4. The second kappa shape index (κ2) is 5.54. The summed E-state index contributed by atoms with van der Waals surface area (Å²) < 4.78 is 0. The Kier molecular flexibility index (Phi) is 3.42. The van der Waals surface area contributed by atoms with Crippen LogP contribution >= 0.6 is 0 Å². The van der Waals surface area contributed by atoms with Gasteiger partial charge in [-0.15, -0.1) is 5.10 Å². The summed E-state index contributed by atoms with van der Waals surface area (Å²) in [5, 5.41) is 9.43. The number of H-pyrrole nitrogens is 1. The van der Waals surface area contributed by atoms with Crippen LogP contribution in [0, 0.1) is 6.92 Å². The van der Waals surface area contributed by atoms with Crippen LogP contribution in [0.25, 0.3) is 11.4 Å². The maximum atomic E-state index is 12.1. The molecule has 0 fully saturated rings. The highest BCUT2D eigenvalue weighted by Crippen LogP contribution is 2.14. The smallest absolute Gasteiger partial charge is 0.258 e. The molecule has 3 aromatic rings. The largest absolute Gasteiger partial charge is 0.289 e. The molecule has 3 rings (SSSR count). The molecule has 0 unspecified atom stereocenters. The zero-order chi connectivity index (χ0) is 14.7. The SMILES string of the molecule is Cc1ccc(C(=O)Nc2n[nH]c(-c3ccncc3)n2)cc1. The second-order valence-corrected chi connectivity index (χ2v) is 4.56. The molecule has 0 aliphatic carbocycles. The molecule has 1 aromatic carbocycles. The highest BCUT2D eigenvalue weighted by molar-refractivity contribution is 6.03. The lowest BCUT2D eigenvalue weighted by Crippen LogP contribution is -2.12. The highest BCUT2D eigenvalue weighted by Gasteiger charge is 2.10. The number of rotatable bonds is 3. The molecule has 0 bridgehead atoms. The minimum absolute atomic E-state index is 0.240. The van der Waals surface area contributed by atoms with Gasteiger partial charge in [-0.05, 0) is 31.2 Å². The molecule has 0 saturated heterocycles. The number of benzene rings is 1. The first-order valence-electron chi connectivity index (χ1n) is 6.43. The number of anilines is 1. The fraction of sp³-hybridized carbons (Fsp3) is 0.0667. The van der Waals surface area contributed by atoms with E-state index in [1.807, 2.05) is 31.2 Å². The molecule has 0 spiro atoms. The van der Waals surface area contributed by atoms with Crippen LogP contribution in [0.2, 0.25) is 0 Å². The average molecular weight is 279 g/mol. The summed E-state index contributed by atoms with van der Waals surface area (Å²) in [5.41, 5.74) is 2.52. The zero-order valence-corrected chi connectivity index (χ0v) is 11.4. The molecule has 6 heteroatoms. The van der Waals surface area contributed by atoms with Gasteiger partial charge in [-0.2, -0.15) is 4.98 Å². The van der Waals surface area contributed by atoms with Crippen molar-refractivity contribution in [1.82, 2.24) is 20.2 Å². The lowest BCUT2D eigenvalue weighted by molar-refractivity contribution is 0.102. The summed E-state index contributed by atoms with van der Waals surface area (Å²) >= 11 is 0. The number of aromatic nitrogens is 4. The Bertz CT molecular complexity index is 749. The fourth-order valence-electron chi connectivity index (χ4n) is 1.84. The third-order valence-electron chi connectivity index (χ3n) is 2.98. The molecule has 104 valence electrons. The monoisotopic (exact) mass is 279 g/mol. The summed E-state index contributed by atoms with van der Waals surface area (Å²) in [6.45, 7) is 1.97. The highest BCUT2D eigenvalue weighted by atomic mass is 16.1. The van der Waals surface area contributed by atoms with Crippen molar-refractivity contribution < 1.29 is 4.79 Å². The third kappa shape index (κ3) is 2.94. The van der Waals surface area contributed by atoms with Crippen molar-refractivity contribution in [1.29, 1.82) is 0 Å². The van der Waals surface area contributed by atoms with E-state index in [0.717, 1.165) is 11.1 Å². The molecule has 0 saturated carbocycles. The number of amides is 1. The molecule has 0 aliphatic rings. The summed E-state index contributed by atoms with van der Waals surface area (Å²) in [6, 6.07) is 10.9. The van der Waals surface area contributed by atoms with Gasteiger partial charge >= 0.3 is 0 Å². The van der Waals surface area contributed by atoms with E-state index in [4.69, 9.17) is 0 Å². The summed E-state index contributed by atoms with van der Waals surface area (Å²) in [4.78, 5) is 20.2. The summed E-state index contributed by atoms with van der Waals surface area (Å²) in [7, 11) is 0. The lowest BCUT2D eigenvalue weighted by Gasteiger charge is -2.01. The Morgan fingerprint density at radius 2 is 1.81 bits per heavy atom. The molecular weight excluding hydrogens is 266 g/mol. The first-order chi connectivity index (χ1) is 10.2. The molecule has 2 heterocycles. The van der Waals surface area contributed by atoms with Crippen molar-refractivity contribution in [2.45, 2.75) is 6.92 Å². The molecule has 6 nitrogen and oxygen atoms in total. The van der Waals surface area contributed by atoms with E-state index in [9.17, 15) is 4.79 Å². The van der Waals surface area contributed by atoms with Gasteiger partial charge < -0.3 is 0 Å². The van der Waals surface area contributed by atoms with Crippen LogP contribution in [-0.4, -0.2) is 26.1 Å². The van der Waals surface area contributed by atoms with E-state index in [-0.39, 0.29) is 11.9 Å². The molecular formula is C15H13N5O. The Balaban J connectivity index is 1.75. The average Bonchev–Trinajstić information content (AvgIpc) is 2.97. The Labute approximate surface area is 121 Å². The second-order valence-electron chi connectivity index (χ2n) is 4.56. The number of hydrogen-bond acceptors (Lipinski definition) is 4. The van der Waals surface area contributed by atoms with Crippen molar-refractivity contribution in [3.05, 3.63) is 59.9 Å². The molecule has 2 N–H and O–H groups in total. The Morgan fingerprint density at radius 3 is 2.52 bits per heavy atom. The fourth-order valence-corrected chi connectivity index (χ4v) is 1.84. The molecule has 0 aliphatic heterocycles. The Morgan fingerprint density at radius 1 is 1.10 bits per heavy atom. The van der Waals surface area contributed by atoms with Gasteiger partial charge in [-0.1, -0.05) is 17.7 Å². The van der Waals surface area contributed by atoms with Crippen LogP contribution in [0.1, 0.15) is 15.9 Å². The van der Waals surface area contributed by atoms with Crippen LogP contribution in [0.4, 0.5) is 5.95 Å². The van der Waals surface area contributed by atoms with E-state index in [1.54, 1.807) is 24.5 Å². The standard InChI is InChI=1S/C15H13N5O/c1-10-2-4-12(5-3-10)14(21)18-15-17-13(19-20-15)11-6-8-16-9-7-11/h2-9H,1H3,(H2,17,18,19,20,21). The van der Waals surface area contributed by atoms with Crippen molar-refractivity contribution in [3.8, 4) is 11.4 Å². The van der Waals surface area contributed by atoms with Crippen LogP contribution in [0.3, 0.4) is 0 Å². The molecule has 0 radical (unpaired) electrons. The van der Waals surface area contributed by atoms with Gasteiger partial charge in [0.25, 0.3) is 5.91 Å². The van der Waals surface area contributed by atoms with Gasteiger partial charge in [0.2, 0.25) is 5.95 Å². The number of nitrogens with zero attached hydrogens (tertiary/aromatic N) is 3. The van der Waals surface area contributed by atoms with E-state index in [1.165, 1.54) is 0 Å². The van der Waals surface area contributed by atoms with E-state index in [0.29, 0.717) is 11.4 Å². The van der Waals surface area contributed by atoms with Crippen molar-refractivity contribution in [2.75, 3.05) is 5.32 Å². The number of nitrogens with one attached hydrogen (secondary N) is 2. The van der Waals surface area contributed by atoms with Gasteiger partial charge in [0.15, 0.2) is 5.82 Å². The van der Waals surface area contributed by atoms with Gasteiger partial charge in [-0.3, -0.25) is 20.2 Å². The van der Waals surface area contributed by atoms with Crippen molar-refractivity contribution in [2.24, 2.45) is 0 Å². The van der Waals surface area contributed by atoms with Crippen molar-refractivity contribution in [3.63, 3.8) is 0 Å². The van der Waals surface area contributed by atoms with Gasteiger partial charge in [-0.25, -0.2) is 0 Å². The maximum absolute atomic E-state index is 12.1. The van der Waals surface area contributed by atoms with E-state index < -0.39 is 0 Å².